The van der Waals surface area contributed by atoms with Crippen LogP contribution in [0, 0.1) is 6.92 Å². The van der Waals surface area contributed by atoms with Crippen LogP contribution in [0.15, 0.2) is 40.3 Å². The van der Waals surface area contributed by atoms with E-state index in [0.29, 0.717) is 0 Å². The van der Waals surface area contributed by atoms with Crippen LogP contribution in [-0.2, 0) is 6.42 Å². The van der Waals surface area contributed by atoms with Gasteiger partial charge >= 0.3 is 0 Å². The number of fused-ring (bicyclic) bond motifs is 1. The van der Waals surface area contributed by atoms with Crippen molar-refractivity contribution in [2.45, 2.75) is 26.3 Å². The van der Waals surface area contributed by atoms with E-state index < -0.39 is 0 Å². The molecule has 104 valence electrons. The van der Waals surface area contributed by atoms with E-state index in [-0.39, 0.29) is 6.04 Å². The zero-order valence-corrected chi connectivity index (χ0v) is 12.5. The van der Waals surface area contributed by atoms with Crippen molar-refractivity contribution in [3.05, 3.63) is 52.2 Å². The molecule has 1 unspecified atom stereocenters. The van der Waals surface area contributed by atoms with E-state index in [1.165, 1.54) is 16.0 Å². The van der Waals surface area contributed by atoms with Crippen LogP contribution >= 0.6 is 11.3 Å². The van der Waals surface area contributed by atoms with Crippen molar-refractivity contribution < 1.29 is 4.42 Å². The average Bonchev–Trinajstić information content (AvgIpc) is 3.04. The lowest BCUT2D eigenvalue weighted by Crippen LogP contribution is -2.22. The van der Waals surface area contributed by atoms with Crippen LogP contribution in [-0.4, -0.2) is 11.5 Å². The number of nitrogens with one attached hydrogen (secondary N) is 1. The minimum Gasteiger partial charge on any atom is -0.464 e. The van der Waals surface area contributed by atoms with E-state index >= 15 is 0 Å². The van der Waals surface area contributed by atoms with Crippen molar-refractivity contribution in [1.82, 2.24) is 10.3 Å². The van der Waals surface area contributed by atoms with Gasteiger partial charge in [-0.3, -0.25) is 0 Å². The number of benzene rings is 1. The van der Waals surface area contributed by atoms with Crippen LogP contribution in [0.2, 0.25) is 0 Å². The molecular formula is C16H18N2OS. The van der Waals surface area contributed by atoms with Crippen LogP contribution in [0.3, 0.4) is 0 Å². The highest BCUT2D eigenvalue weighted by molar-refractivity contribution is 7.09. The van der Waals surface area contributed by atoms with Gasteiger partial charge in [0.05, 0.1) is 11.3 Å². The van der Waals surface area contributed by atoms with Crippen molar-refractivity contribution >= 4 is 22.3 Å². The zero-order chi connectivity index (χ0) is 13.9. The second-order valence-electron chi connectivity index (χ2n) is 4.88. The van der Waals surface area contributed by atoms with Gasteiger partial charge in [0, 0.05) is 34.5 Å². The molecule has 4 heteroatoms. The highest BCUT2D eigenvalue weighted by Gasteiger charge is 2.18. The maximum absolute atomic E-state index is 5.66. The summed E-state index contributed by atoms with van der Waals surface area (Å²) in [5.74, 6) is 0. The van der Waals surface area contributed by atoms with Crippen molar-refractivity contribution in [2.24, 2.45) is 0 Å². The number of rotatable bonds is 5. The number of thiazole rings is 1. The number of furan rings is 1. The number of likely N-dealkylation sites (N-methyl/N-ethyl adjacent to an activating group) is 1. The third kappa shape index (κ3) is 2.62. The molecule has 0 radical (unpaired) electrons. The molecule has 0 aliphatic carbocycles. The van der Waals surface area contributed by atoms with Crippen molar-refractivity contribution in [3.63, 3.8) is 0 Å². The smallest absolute Gasteiger partial charge is 0.134 e. The van der Waals surface area contributed by atoms with Crippen LogP contribution in [0.4, 0.5) is 0 Å². The van der Waals surface area contributed by atoms with Gasteiger partial charge in [0.1, 0.15) is 5.58 Å². The van der Waals surface area contributed by atoms with E-state index in [1.54, 1.807) is 11.3 Å². The summed E-state index contributed by atoms with van der Waals surface area (Å²) >= 11 is 1.72. The van der Waals surface area contributed by atoms with Gasteiger partial charge in [0.2, 0.25) is 0 Å². The van der Waals surface area contributed by atoms with E-state index in [2.05, 4.69) is 34.7 Å². The minimum absolute atomic E-state index is 0.245. The summed E-state index contributed by atoms with van der Waals surface area (Å²) in [6, 6.07) is 8.43. The van der Waals surface area contributed by atoms with Gasteiger partial charge in [-0.25, -0.2) is 4.98 Å². The SMILES string of the molecule is CCNC(Cc1nc(C)cs1)c1coc2ccccc12. The third-order valence-electron chi connectivity index (χ3n) is 3.38. The molecule has 2 heterocycles. The van der Waals surface area contributed by atoms with Crippen LogP contribution < -0.4 is 5.32 Å². The Morgan fingerprint density at radius 1 is 1.35 bits per heavy atom. The Kier molecular flexibility index (Phi) is 3.85. The van der Waals surface area contributed by atoms with Crippen molar-refractivity contribution in [3.8, 4) is 0 Å². The predicted octanol–water partition coefficient (Wildman–Crippen LogP) is 4.09. The minimum atomic E-state index is 0.245. The van der Waals surface area contributed by atoms with Gasteiger partial charge in [-0.1, -0.05) is 25.1 Å². The molecule has 3 nitrogen and oxygen atoms in total. The largest absolute Gasteiger partial charge is 0.464 e. The highest BCUT2D eigenvalue weighted by Crippen LogP contribution is 2.29. The van der Waals surface area contributed by atoms with Crippen molar-refractivity contribution in [2.75, 3.05) is 6.54 Å². The van der Waals surface area contributed by atoms with Gasteiger partial charge in [-0.2, -0.15) is 0 Å². The average molecular weight is 286 g/mol. The molecule has 3 rings (SSSR count). The van der Waals surface area contributed by atoms with Gasteiger partial charge in [-0.05, 0) is 19.5 Å². The van der Waals surface area contributed by atoms with E-state index in [4.69, 9.17) is 4.42 Å². The van der Waals surface area contributed by atoms with Gasteiger partial charge in [0.25, 0.3) is 0 Å². The summed E-state index contributed by atoms with van der Waals surface area (Å²) in [7, 11) is 0. The second kappa shape index (κ2) is 5.77. The Labute approximate surface area is 122 Å². The first-order valence-corrected chi connectivity index (χ1v) is 7.76. The fourth-order valence-corrected chi connectivity index (χ4v) is 3.30. The highest BCUT2D eigenvalue weighted by atomic mass is 32.1. The molecule has 2 aromatic heterocycles. The topological polar surface area (TPSA) is 38.1 Å². The predicted molar refractivity (Wildman–Crippen MR) is 83.2 cm³/mol. The Balaban J connectivity index is 1.93. The molecule has 1 aromatic carbocycles. The monoisotopic (exact) mass is 286 g/mol. The summed E-state index contributed by atoms with van der Waals surface area (Å²) in [5.41, 5.74) is 3.26. The molecule has 1 atom stereocenters. The molecule has 0 aliphatic rings. The third-order valence-corrected chi connectivity index (χ3v) is 4.37. The molecule has 3 aromatic rings. The lowest BCUT2D eigenvalue weighted by molar-refractivity contribution is 0.534. The molecular weight excluding hydrogens is 268 g/mol. The van der Waals surface area contributed by atoms with Crippen LogP contribution in [0.1, 0.15) is 29.2 Å². The number of aromatic nitrogens is 1. The Morgan fingerprint density at radius 2 is 2.20 bits per heavy atom. The number of para-hydroxylation sites is 1. The van der Waals surface area contributed by atoms with E-state index in [0.717, 1.165) is 24.2 Å². The first-order valence-electron chi connectivity index (χ1n) is 6.88. The Hall–Kier alpha value is -1.65. The maximum Gasteiger partial charge on any atom is 0.134 e. The first kappa shape index (κ1) is 13.3. The van der Waals surface area contributed by atoms with Gasteiger partial charge in [0.15, 0.2) is 0 Å². The summed E-state index contributed by atoms with van der Waals surface area (Å²) in [4.78, 5) is 4.57. The quantitative estimate of drug-likeness (QED) is 0.767. The number of aryl methyl sites for hydroxylation is 1. The summed E-state index contributed by atoms with van der Waals surface area (Å²) in [6.07, 6.45) is 2.77. The standard InChI is InChI=1S/C16H18N2OS/c1-3-17-14(8-16-18-11(2)10-20-16)13-9-19-15-7-5-4-6-12(13)15/h4-7,9-10,14,17H,3,8H2,1-2H3. The Morgan fingerprint density at radius 3 is 2.95 bits per heavy atom. The lowest BCUT2D eigenvalue weighted by Gasteiger charge is -2.15. The number of hydrogen-bond donors (Lipinski definition) is 1. The molecule has 20 heavy (non-hydrogen) atoms. The van der Waals surface area contributed by atoms with E-state index in [9.17, 15) is 0 Å². The fraction of sp³-hybridized carbons (Fsp3) is 0.312. The molecule has 0 saturated carbocycles. The molecule has 0 bridgehead atoms. The molecule has 0 spiro atoms. The second-order valence-corrected chi connectivity index (χ2v) is 5.83. The molecule has 0 saturated heterocycles. The number of hydrogen-bond acceptors (Lipinski definition) is 4. The number of nitrogens with zero attached hydrogens (tertiary/aromatic N) is 1. The maximum atomic E-state index is 5.66. The molecule has 0 fully saturated rings. The first-order chi connectivity index (χ1) is 9.78. The summed E-state index contributed by atoms with van der Waals surface area (Å²) in [5, 5.41) is 8.00. The van der Waals surface area contributed by atoms with Crippen LogP contribution in [0.5, 0.6) is 0 Å². The van der Waals surface area contributed by atoms with Gasteiger partial charge < -0.3 is 9.73 Å². The molecule has 0 aliphatic heterocycles. The molecule has 1 N–H and O–H groups in total. The van der Waals surface area contributed by atoms with E-state index in [1.807, 2.05) is 25.3 Å². The van der Waals surface area contributed by atoms with Crippen LogP contribution in [0.25, 0.3) is 11.0 Å². The Bertz CT molecular complexity index is 701. The normalized spacial score (nSPS) is 12.9. The summed E-state index contributed by atoms with van der Waals surface area (Å²) in [6.45, 7) is 5.09. The van der Waals surface area contributed by atoms with Gasteiger partial charge in [-0.15, -0.1) is 11.3 Å². The molecule has 0 amide bonds. The zero-order valence-electron chi connectivity index (χ0n) is 11.7. The van der Waals surface area contributed by atoms with Crippen molar-refractivity contribution in [1.29, 1.82) is 0 Å². The lowest BCUT2D eigenvalue weighted by atomic mass is 10.0. The summed E-state index contributed by atoms with van der Waals surface area (Å²) < 4.78 is 5.66. The fourth-order valence-electron chi connectivity index (χ4n) is 2.48.